The van der Waals surface area contributed by atoms with Gasteiger partial charge < -0.3 is 5.11 Å². The first-order valence-electron chi connectivity index (χ1n) is 6.47. The van der Waals surface area contributed by atoms with Crippen LogP contribution >= 0.6 is 0 Å². The number of carbonyl (C=O) groups excluding carboxylic acids is 2. The lowest BCUT2D eigenvalue weighted by Crippen LogP contribution is -2.32. The minimum Gasteiger partial charge on any atom is -0.384 e. The highest BCUT2D eigenvalue weighted by Gasteiger charge is 2.44. The van der Waals surface area contributed by atoms with Crippen LogP contribution in [0.5, 0.6) is 0 Å². The molecule has 1 aliphatic rings. The molecule has 0 saturated carbocycles. The third-order valence-corrected chi connectivity index (χ3v) is 3.30. The largest absolute Gasteiger partial charge is 0.384 e. The van der Waals surface area contributed by atoms with Gasteiger partial charge in [0.1, 0.15) is 6.61 Å². The molecule has 1 saturated heterocycles. The van der Waals surface area contributed by atoms with E-state index >= 15 is 0 Å². The van der Waals surface area contributed by atoms with E-state index in [0.29, 0.717) is 0 Å². The number of aliphatic hydroxyl groups is 1. The SMILES string of the molecule is CC1(C)CC(=O)N(Cc2cccc(C#CCO)c2)C1=O. The molecule has 104 valence electrons. The zero-order valence-corrected chi connectivity index (χ0v) is 11.6. The standard InChI is InChI=1S/C16H17NO3/c1-16(2)10-14(19)17(15(16)20)11-13-6-3-5-12(9-13)7-4-8-18/h3,5-6,9,18H,8,10-11H2,1-2H3. The topological polar surface area (TPSA) is 57.6 Å². The summed E-state index contributed by atoms with van der Waals surface area (Å²) in [6, 6.07) is 7.33. The van der Waals surface area contributed by atoms with Crippen molar-refractivity contribution in [3.63, 3.8) is 0 Å². The summed E-state index contributed by atoms with van der Waals surface area (Å²) in [7, 11) is 0. The second-order valence-electron chi connectivity index (χ2n) is 5.51. The van der Waals surface area contributed by atoms with Gasteiger partial charge in [-0.1, -0.05) is 37.8 Å². The highest BCUT2D eigenvalue weighted by atomic mass is 16.2. The lowest BCUT2D eigenvalue weighted by molar-refractivity contribution is -0.141. The van der Waals surface area contributed by atoms with Gasteiger partial charge in [-0.2, -0.15) is 0 Å². The van der Waals surface area contributed by atoms with Crippen molar-refractivity contribution in [2.75, 3.05) is 6.61 Å². The lowest BCUT2D eigenvalue weighted by Gasteiger charge is -2.17. The average Bonchev–Trinajstić information content (AvgIpc) is 2.59. The predicted molar refractivity (Wildman–Crippen MR) is 74.4 cm³/mol. The number of carbonyl (C=O) groups is 2. The second kappa shape index (κ2) is 5.48. The van der Waals surface area contributed by atoms with Gasteiger partial charge in [0.15, 0.2) is 0 Å². The van der Waals surface area contributed by atoms with E-state index in [0.717, 1.165) is 11.1 Å². The number of aliphatic hydroxyl groups excluding tert-OH is 1. The highest BCUT2D eigenvalue weighted by Crippen LogP contribution is 2.32. The van der Waals surface area contributed by atoms with Crippen molar-refractivity contribution in [2.24, 2.45) is 5.41 Å². The van der Waals surface area contributed by atoms with E-state index in [-0.39, 0.29) is 31.4 Å². The van der Waals surface area contributed by atoms with Crippen LogP contribution in [-0.2, 0) is 16.1 Å². The second-order valence-corrected chi connectivity index (χ2v) is 5.51. The summed E-state index contributed by atoms with van der Waals surface area (Å²) in [5.74, 6) is 5.12. The van der Waals surface area contributed by atoms with E-state index in [1.807, 2.05) is 24.3 Å². The van der Waals surface area contributed by atoms with Crippen LogP contribution < -0.4 is 0 Å². The molecule has 2 amide bonds. The van der Waals surface area contributed by atoms with Crippen molar-refractivity contribution in [1.29, 1.82) is 0 Å². The Balaban J connectivity index is 2.18. The number of likely N-dealkylation sites (tertiary alicyclic amines) is 1. The predicted octanol–water partition coefficient (Wildman–Crippen LogP) is 1.32. The Labute approximate surface area is 118 Å². The van der Waals surface area contributed by atoms with Crippen LogP contribution in [-0.4, -0.2) is 28.4 Å². The third kappa shape index (κ3) is 2.89. The molecule has 1 fully saturated rings. The zero-order chi connectivity index (χ0) is 14.8. The summed E-state index contributed by atoms with van der Waals surface area (Å²) in [5, 5.41) is 8.68. The molecule has 1 aliphatic heterocycles. The molecule has 4 nitrogen and oxygen atoms in total. The molecule has 2 rings (SSSR count). The van der Waals surface area contributed by atoms with E-state index < -0.39 is 5.41 Å². The molecule has 0 unspecified atom stereocenters. The van der Waals surface area contributed by atoms with Crippen molar-refractivity contribution >= 4 is 11.8 Å². The van der Waals surface area contributed by atoms with Crippen molar-refractivity contribution in [3.05, 3.63) is 35.4 Å². The van der Waals surface area contributed by atoms with Crippen LogP contribution in [0.3, 0.4) is 0 Å². The molecule has 0 bridgehead atoms. The number of hydrogen-bond acceptors (Lipinski definition) is 3. The maximum absolute atomic E-state index is 12.1. The Bertz CT molecular complexity index is 608. The molecular weight excluding hydrogens is 254 g/mol. The molecule has 0 spiro atoms. The van der Waals surface area contributed by atoms with E-state index in [1.54, 1.807) is 13.8 Å². The molecule has 0 aromatic heterocycles. The number of rotatable bonds is 2. The maximum atomic E-state index is 12.1. The molecule has 0 radical (unpaired) electrons. The van der Waals surface area contributed by atoms with Gasteiger partial charge in [-0.3, -0.25) is 14.5 Å². The van der Waals surface area contributed by atoms with Crippen LogP contribution in [0.4, 0.5) is 0 Å². The van der Waals surface area contributed by atoms with Gasteiger partial charge in [-0.05, 0) is 17.7 Å². The Hall–Kier alpha value is -2.12. The summed E-state index contributed by atoms with van der Waals surface area (Å²) < 4.78 is 0. The van der Waals surface area contributed by atoms with Crippen molar-refractivity contribution in [3.8, 4) is 11.8 Å². The quantitative estimate of drug-likeness (QED) is 0.652. The van der Waals surface area contributed by atoms with Crippen LogP contribution in [0.2, 0.25) is 0 Å². The first-order chi connectivity index (χ1) is 9.44. The van der Waals surface area contributed by atoms with Gasteiger partial charge in [0, 0.05) is 12.0 Å². The zero-order valence-electron chi connectivity index (χ0n) is 11.6. The average molecular weight is 271 g/mol. The van der Waals surface area contributed by atoms with Gasteiger partial charge in [0.2, 0.25) is 11.8 Å². The van der Waals surface area contributed by atoms with Crippen LogP contribution in [0.25, 0.3) is 0 Å². The molecule has 1 aromatic carbocycles. The summed E-state index contributed by atoms with van der Waals surface area (Å²) in [4.78, 5) is 25.4. The molecule has 0 aliphatic carbocycles. The smallest absolute Gasteiger partial charge is 0.235 e. The first-order valence-corrected chi connectivity index (χ1v) is 6.47. The van der Waals surface area contributed by atoms with Crippen molar-refractivity contribution in [1.82, 2.24) is 4.90 Å². The Morgan fingerprint density at radius 1 is 1.35 bits per heavy atom. The normalized spacial score (nSPS) is 17.1. The van der Waals surface area contributed by atoms with E-state index in [1.165, 1.54) is 4.90 Å². The van der Waals surface area contributed by atoms with Crippen LogP contribution in [0, 0.1) is 17.3 Å². The number of hydrogen-bond donors (Lipinski definition) is 1. The molecule has 1 aromatic rings. The van der Waals surface area contributed by atoms with Gasteiger partial charge in [-0.15, -0.1) is 0 Å². The monoisotopic (exact) mass is 271 g/mol. The highest BCUT2D eigenvalue weighted by molar-refractivity contribution is 6.05. The summed E-state index contributed by atoms with van der Waals surface area (Å²) in [6.07, 6.45) is 0.260. The third-order valence-electron chi connectivity index (χ3n) is 3.30. The fourth-order valence-corrected chi connectivity index (χ4v) is 2.26. The first kappa shape index (κ1) is 14.3. The fourth-order valence-electron chi connectivity index (χ4n) is 2.26. The van der Waals surface area contributed by atoms with Crippen molar-refractivity contribution < 1.29 is 14.7 Å². The van der Waals surface area contributed by atoms with E-state index in [2.05, 4.69) is 11.8 Å². The number of imide groups is 1. The Kier molecular flexibility index (Phi) is 3.91. The number of benzene rings is 1. The minimum atomic E-state index is -0.606. The van der Waals surface area contributed by atoms with Crippen molar-refractivity contribution in [2.45, 2.75) is 26.8 Å². The van der Waals surface area contributed by atoms with E-state index in [9.17, 15) is 9.59 Å². The summed E-state index contributed by atoms with van der Waals surface area (Å²) >= 11 is 0. The van der Waals surface area contributed by atoms with Gasteiger partial charge in [0.05, 0.1) is 12.0 Å². The summed E-state index contributed by atoms with van der Waals surface area (Å²) in [5.41, 5.74) is 1.01. The Morgan fingerprint density at radius 2 is 2.10 bits per heavy atom. The molecule has 4 heteroatoms. The maximum Gasteiger partial charge on any atom is 0.235 e. The molecular formula is C16H17NO3. The molecule has 1 N–H and O–H groups in total. The van der Waals surface area contributed by atoms with Gasteiger partial charge in [-0.25, -0.2) is 0 Å². The number of amides is 2. The fraction of sp³-hybridized carbons (Fsp3) is 0.375. The summed E-state index contributed by atoms with van der Waals surface area (Å²) in [6.45, 7) is 3.66. The van der Waals surface area contributed by atoms with Crippen LogP contribution in [0.1, 0.15) is 31.4 Å². The Morgan fingerprint density at radius 3 is 2.70 bits per heavy atom. The number of nitrogens with zero attached hydrogens (tertiary/aromatic N) is 1. The van der Waals surface area contributed by atoms with Gasteiger partial charge in [0.25, 0.3) is 0 Å². The lowest BCUT2D eigenvalue weighted by atomic mass is 9.92. The van der Waals surface area contributed by atoms with Gasteiger partial charge >= 0.3 is 0 Å². The minimum absolute atomic E-state index is 0.130. The molecule has 0 atom stereocenters. The molecule has 20 heavy (non-hydrogen) atoms. The van der Waals surface area contributed by atoms with E-state index in [4.69, 9.17) is 5.11 Å². The van der Waals surface area contributed by atoms with Crippen LogP contribution in [0.15, 0.2) is 24.3 Å². The molecule has 1 heterocycles.